The monoisotopic (exact) mass is 809 g/mol. The minimum Gasteiger partial charge on any atom is -0.497 e. The average Bonchev–Trinajstić information content (AvgIpc) is 3.41. The van der Waals surface area contributed by atoms with Gasteiger partial charge >= 0.3 is 6.09 Å². The van der Waals surface area contributed by atoms with Crippen LogP contribution in [0.1, 0.15) is 33.6 Å². The fraction of sp³-hybridized carbons (Fsp3) is 0.342. The Morgan fingerprint density at radius 3 is 2.44 bits per heavy atom. The zero-order chi connectivity index (χ0) is 39.9. The van der Waals surface area contributed by atoms with Gasteiger partial charge in [-0.3, -0.25) is 14.4 Å². The highest BCUT2D eigenvalue weighted by atomic mass is 35.5. The Labute approximate surface area is 326 Å². The van der Waals surface area contributed by atoms with Crippen molar-refractivity contribution in [2.24, 2.45) is 11.3 Å². The first-order chi connectivity index (χ1) is 25.9. The Hall–Kier alpha value is -5.19. The Kier molecular flexibility index (Phi) is 10.9. The number of halogens is 1. The molecule has 1 aliphatic carbocycles. The second-order valence-corrected chi connectivity index (χ2v) is 18.1. The van der Waals surface area contributed by atoms with Crippen molar-refractivity contribution in [2.75, 3.05) is 13.7 Å². The van der Waals surface area contributed by atoms with Crippen LogP contribution in [0.2, 0.25) is 4.34 Å². The van der Waals surface area contributed by atoms with Crippen LogP contribution in [0.15, 0.2) is 83.6 Å². The molecule has 17 heteroatoms. The molecule has 4 N–H and O–H groups in total. The summed E-state index contributed by atoms with van der Waals surface area (Å²) in [5.74, 6) is -2.04. The lowest BCUT2D eigenvalue weighted by molar-refractivity contribution is -0.142. The molecular weight excluding hydrogens is 770 g/mol. The van der Waals surface area contributed by atoms with Gasteiger partial charge in [-0.15, -0.1) is 17.9 Å². The largest absolute Gasteiger partial charge is 0.497 e. The summed E-state index contributed by atoms with van der Waals surface area (Å²) >= 11 is 6.70. The highest BCUT2D eigenvalue weighted by Crippen LogP contribution is 2.45. The summed E-state index contributed by atoms with van der Waals surface area (Å²) in [4.78, 5) is 60.2. The summed E-state index contributed by atoms with van der Waals surface area (Å²) in [6, 6.07) is 16.7. The van der Waals surface area contributed by atoms with Crippen LogP contribution in [0.3, 0.4) is 0 Å². The Bertz CT molecular complexity index is 2280. The van der Waals surface area contributed by atoms with Gasteiger partial charge in [0.25, 0.3) is 15.9 Å². The number of likely N-dealkylation sites (tertiary alicyclic amines) is 1. The molecule has 4 aromatic rings. The number of amides is 4. The summed E-state index contributed by atoms with van der Waals surface area (Å²) in [6.07, 6.45) is -0.772. The van der Waals surface area contributed by atoms with Crippen molar-refractivity contribution in [3.63, 3.8) is 0 Å². The molecule has 0 bridgehead atoms. The number of nitrogens with one attached hydrogen (secondary N) is 3. The number of fused-ring (bicyclic) bond motifs is 1. The zero-order valence-electron chi connectivity index (χ0n) is 30.4. The molecule has 14 nitrogen and oxygen atoms in total. The zero-order valence-corrected chi connectivity index (χ0v) is 32.8. The van der Waals surface area contributed by atoms with Crippen molar-refractivity contribution >= 4 is 67.7 Å². The van der Waals surface area contributed by atoms with Gasteiger partial charge in [0.15, 0.2) is 0 Å². The number of hydrogen-bond donors (Lipinski definition) is 4. The Morgan fingerprint density at radius 2 is 1.84 bits per heavy atom. The molecule has 5 unspecified atom stereocenters. The van der Waals surface area contributed by atoms with Crippen molar-refractivity contribution < 1.29 is 42.2 Å². The van der Waals surface area contributed by atoms with Crippen LogP contribution in [-0.2, 0) is 24.4 Å². The average molecular weight is 810 g/mol. The Morgan fingerprint density at radius 1 is 1.11 bits per heavy atom. The number of thiophene rings is 1. The van der Waals surface area contributed by atoms with E-state index in [0.717, 1.165) is 16.9 Å². The number of nitrogens with zero attached hydrogens (tertiary/aromatic N) is 2. The number of benzene rings is 2. The number of methoxy groups -OCH3 is 1. The maximum absolute atomic E-state index is 14.3. The molecule has 2 aromatic carbocycles. The third-order valence-electron chi connectivity index (χ3n) is 9.66. The Balaban J connectivity index is 1.34. The highest BCUT2D eigenvalue weighted by molar-refractivity contribution is 7.92. The van der Waals surface area contributed by atoms with Crippen LogP contribution < -0.4 is 24.8 Å². The van der Waals surface area contributed by atoms with Crippen LogP contribution in [-0.4, -0.2) is 84.6 Å². The first-order valence-electron chi connectivity index (χ1n) is 17.2. The molecule has 2 aromatic heterocycles. The summed E-state index contributed by atoms with van der Waals surface area (Å²) in [6.45, 7) is 8.69. The van der Waals surface area contributed by atoms with Gasteiger partial charge in [-0.05, 0) is 36.1 Å². The number of ether oxygens (including phenoxy) is 2. The lowest BCUT2D eigenvalue weighted by atomic mass is 9.85. The van der Waals surface area contributed by atoms with E-state index in [1.165, 1.54) is 23.1 Å². The third-order valence-corrected chi connectivity index (χ3v) is 12.7. The van der Waals surface area contributed by atoms with Gasteiger partial charge in [0.05, 0.1) is 29.2 Å². The normalized spacial score (nSPS) is 21.3. The topological polar surface area (TPSA) is 193 Å². The first-order valence-corrected chi connectivity index (χ1v) is 19.9. The fourth-order valence-electron chi connectivity index (χ4n) is 6.69. The van der Waals surface area contributed by atoms with E-state index in [0.29, 0.717) is 28.1 Å². The summed E-state index contributed by atoms with van der Waals surface area (Å²) in [5.41, 5.74) is -0.600. The summed E-state index contributed by atoms with van der Waals surface area (Å²) < 4.78 is 40.3. The van der Waals surface area contributed by atoms with E-state index in [-0.39, 0.29) is 27.9 Å². The number of aromatic nitrogens is 1. The van der Waals surface area contributed by atoms with Crippen molar-refractivity contribution in [1.29, 1.82) is 0 Å². The van der Waals surface area contributed by atoms with Gasteiger partial charge in [-0.1, -0.05) is 68.8 Å². The van der Waals surface area contributed by atoms with Gasteiger partial charge < -0.3 is 30.1 Å². The molecule has 290 valence electrons. The van der Waals surface area contributed by atoms with E-state index in [9.17, 15) is 32.7 Å². The molecule has 0 radical (unpaired) electrons. The molecule has 1 saturated carbocycles. The lowest BCUT2D eigenvalue weighted by Gasteiger charge is -2.35. The van der Waals surface area contributed by atoms with Gasteiger partial charge in [0, 0.05) is 35.4 Å². The van der Waals surface area contributed by atoms with E-state index < -0.39 is 68.9 Å². The molecule has 2 aliphatic rings. The molecular formula is C38H40ClN5O9S2. The predicted molar refractivity (Wildman–Crippen MR) is 207 cm³/mol. The van der Waals surface area contributed by atoms with Crippen molar-refractivity contribution in [1.82, 2.24) is 25.2 Å². The van der Waals surface area contributed by atoms with Crippen LogP contribution >= 0.6 is 22.9 Å². The summed E-state index contributed by atoms with van der Waals surface area (Å²) in [7, 11) is -2.79. The van der Waals surface area contributed by atoms with Crippen molar-refractivity contribution in [3.8, 4) is 22.8 Å². The highest BCUT2D eigenvalue weighted by Gasteiger charge is 2.61. The maximum atomic E-state index is 14.3. The number of rotatable bonds is 12. The van der Waals surface area contributed by atoms with E-state index in [1.54, 1.807) is 52.1 Å². The molecule has 1 saturated heterocycles. The number of carbonyl (C=O) groups is 4. The van der Waals surface area contributed by atoms with E-state index in [4.69, 9.17) is 26.1 Å². The van der Waals surface area contributed by atoms with Gasteiger partial charge in [0.2, 0.25) is 11.8 Å². The smallest absolute Gasteiger partial charge is 0.405 e. The van der Waals surface area contributed by atoms with Crippen molar-refractivity contribution in [3.05, 3.63) is 83.7 Å². The van der Waals surface area contributed by atoms with Crippen LogP contribution in [0.4, 0.5) is 4.79 Å². The second-order valence-electron chi connectivity index (χ2n) is 14.5. The number of pyridine rings is 1. The number of hydrogen-bond acceptors (Lipinski definition) is 10. The third kappa shape index (κ3) is 8.26. The van der Waals surface area contributed by atoms with E-state index in [2.05, 4.69) is 21.9 Å². The van der Waals surface area contributed by atoms with E-state index in [1.807, 2.05) is 30.3 Å². The minimum absolute atomic E-state index is 0.0509. The van der Waals surface area contributed by atoms with Crippen LogP contribution in [0, 0.1) is 11.3 Å². The number of carboxylic acid groups (broad SMARTS) is 1. The minimum atomic E-state index is -4.33. The quantitative estimate of drug-likeness (QED) is 0.138. The predicted octanol–water partition coefficient (Wildman–Crippen LogP) is 5.22. The first kappa shape index (κ1) is 39.5. The van der Waals surface area contributed by atoms with Gasteiger partial charge in [-0.2, -0.15) is 0 Å². The van der Waals surface area contributed by atoms with Crippen LogP contribution in [0.5, 0.6) is 11.5 Å². The van der Waals surface area contributed by atoms with Crippen molar-refractivity contribution in [2.45, 2.75) is 61.5 Å². The summed E-state index contributed by atoms with van der Waals surface area (Å²) in [5, 5.41) is 15.3. The molecule has 6 rings (SSSR count). The number of sulfonamides is 1. The van der Waals surface area contributed by atoms with Crippen LogP contribution in [0.25, 0.3) is 22.2 Å². The van der Waals surface area contributed by atoms with Gasteiger partial charge in [0.1, 0.15) is 39.4 Å². The molecule has 4 amide bonds. The standard InChI is InChI=1S/C38H40ClN5O9S2/c1-6-22-19-38(22,35(47)43-55(50,51)31-15-14-30(39)54-31)42-33(45)28-17-24(20-44(28)34(46)32(37(2,3)4)41-36(48)49)53-29-18-26(21-10-8-7-9-11-21)40-27-16-23(52-5)12-13-25(27)29/h6-16,18,22,24,28,32,41H,1,17,19-20H2,2-5H3,(H,42,45)(H,43,47)(H,48,49). The molecule has 5 atom stereocenters. The molecule has 0 spiro atoms. The lowest BCUT2D eigenvalue weighted by Crippen LogP contribution is -2.60. The second kappa shape index (κ2) is 15.2. The molecule has 2 fully saturated rings. The van der Waals surface area contributed by atoms with Gasteiger partial charge in [-0.25, -0.2) is 22.9 Å². The SMILES string of the molecule is C=CC1CC1(NC(=O)C1CC(Oc2cc(-c3ccccc3)nc3cc(OC)ccc23)CN1C(=O)C(NC(=O)O)C(C)(C)C)C(=O)NS(=O)(=O)c1ccc(Cl)s1. The molecule has 55 heavy (non-hydrogen) atoms. The number of carbonyl (C=O) groups excluding carboxylic acids is 3. The van der Waals surface area contributed by atoms with E-state index >= 15 is 0 Å². The molecule has 1 aliphatic heterocycles. The molecule has 3 heterocycles. The maximum Gasteiger partial charge on any atom is 0.405 e. The fourth-order valence-corrected chi connectivity index (χ4v) is 9.21.